The predicted molar refractivity (Wildman–Crippen MR) is 135 cm³/mol. The van der Waals surface area contributed by atoms with E-state index in [0.29, 0.717) is 41.0 Å². The van der Waals surface area contributed by atoms with Gasteiger partial charge in [-0.2, -0.15) is 0 Å². The summed E-state index contributed by atoms with van der Waals surface area (Å²) in [5, 5.41) is 21.0. The Balaban J connectivity index is 1.58. The predicted octanol–water partition coefficient (Wildman–Crippen LogP) is 5.33. The lowest BCUT2D eigenvalue weighted by molar-refractivity contribution is -0.136. The standard InChI is InChI=1S/C28H32ClNO5/c1-34-24-14-22(15-25(35-2)27(24)29)28(33)23(13-19-11-20-5-3-4-6-21(20)12-19)17-30-10-9-18(16-30)7-8-26(31)32/h3-6,9-10,14-16,19,23,28,33H,7-8,11-13,17H2,1-2H3,(H,31,32)/t23-,28+/m0/s1. The molecule has 0 saturated heterocycles. The number of carbonyl (C=O) groups is 1. The summed E-state index contributed by atoms with van der Waals surface area (Å²) in [5.41, 5.74) is 4.44. The number of halogens is 1. The summed E-state index contributed by atoms with van der Waals surface area (Å²) >= 11 is 6.36. The first-order chi connectivity index (χ1) is 16.9. The Hall–Kier alpha value is -2.96. The molecular weight excluding hydrogens is 466 g/mol. The first-order valence-corrected chi connectivity index (χ1v) is 12.3. The van der Waals surface area contributed by atoms with Gasteiger partial charge in [-0.15, -0.1) is 0 Å². The fourth-order valence-corrected chi connectivity index (χ4v) is 5.42. The number of benzene rings is 2. The monoisotopic (exact) mass is 497 g/mol. The van der Waals surface area contributed by atoms with E-state index in [4.69, 9.17) is 26.2 Å². The summed E-state index contributed by atoms with van der Waals surface area (Å²) in [6, 6.07) is 14.1. The molecule has 0 unspecified atom stereocenters. The van der Waals surface area contributed by atoms with Crippen LogP contribution in [0.15, 0.2) is 54.9 Å². The largest absolute Gasteiger partial charge is 0.495 e. The van der Waals surface area contributed by atoms with E-state index in [1.807, 2.05) is 18.5 Å². The third-order valence-corrected chi connectivity index (χ3v) is 7.28. The van der Waals surface area contributed by atoms with E-state index in [-0.39, 0.29) is 12.3 Å². The zero-order chi connectivity index (χ0) is 24.9. The number of hydrogen-bond donors (Lipinski definition) is 2. The minimum absolute atomic E-state index is 0.0791. The Morgan fingerprint density at radius 3 is 2.31 bits per heavy atom. The van der Waals surface area contributed by atoms with E-state index in [2.05, 4.69) is 28.8 Å². The lowest BCUT2D eigenvalue weighted by Crippen LogP contribution is -2.22. The minimum Gasteiger partial charge on any atom is -0.495 e. The average molecular weight is 498 g/mol. The van der Waals surface area contributed by atoms with Crippen LogP contribution in [0.4, 0.5) is 0 Å². The summed E-state index contributed by atoms with van der Waals surface area (Å²) in [6.45, 7) is 0.605. The molecule has 186 valence electrons. The number of methoxy groups -OCH3 is 2. The van der Waals surface area contributed by atoms with Crippen molar-refractivity contribution in [2.45, 2.75) is 44.8 Å². The number of aromatic nitrogens is 1. The molecule has 0 aliphatic heterocycles. The fraction of sp³-hybridized carbons (Fsp3) is 0.393. The van der Waals surface area contributed by atoms with Crippen molar-refractivity contribution < 1.29 is 24.5 Å². The third kappa shape index (κ3) is 6.00. The van der Waals surface area contributed by atoms with Gasteiger partial charge in [-0.3, -0.25) is 4.79 Å². The normalized spacial score (nSPS) is 15.0. The highest BCUT2D eigenvalue weighted by Gasteiger charge is 2.30. The second-order valence-corrected chi connectivity index (χ2v) is 9.71. The van der Waals surface area contributed by atoms with E-state index < -0.39 is 12.1 Å². The zero-order valence-corrected chi connectivity index (χ0v) is 20.9. The molecule has 1 aliphatic rings. The third-order valence-electron chi connectivity index (χ3n) is 6.91. The topological polar surface area (TPSA) is 80.9 Å². The molecule has 6 nitrogen and oxygen atoms in total. The van der Waals surface area contributed by atoms with Gasteiger partial charge in [-0.05, 0) is 72.1 Å². The highest BCUT2D eigenvalue weighted by Crippen LogP contribution is 2.41. The van der Waals surface area contributed by atoms with Crippen LogP contribution in [0, 0.1) is 11.8 Å². The maximum atomic E-state index is 11.6. The summed E-state index contributed by atoms with van der Waals surface area (Å²) in [4.78, 5) is 10.9. The lowest BCUT2D eigenvalue weighted by atomic mass is 9.85. The maximum absolute atomic E-state index is 11.6. The van der Waals surface area contributed by atoms with E-state index in [0.717, 1.165) is 24.8 Å². The van der Waals surface area contributed by atoms with Crippen LogP contribution in [0.1, 0.15) is 41.2 Å². The Labute approximate surface area is 211 Å². The van der Waals surface area contributed by atoms with Gasteiger partial charge < -0.3 is 24.3 Å². The van der Waals surface area contributed by atoms with Crippen molar-refractivity contribution in [3.63, 3.8) is 0 Å². The molecule has 0 saturated carbocycles. The number of aliphatic carboxylic acids is 1. The number of carboxylic acids is 1. The molecule has 4 rings (SSSR count). The van der Waals surface area contributed by atoms with Gasteiger partial charge in [-0.25, -0.2) is 0 Å². The number of ether oxygens (including phenoxy) is 2. The Kier molecular flexibility index (Phi) is 8.04. The van der Waals surface area contributed by atoms with E-state index in [1.54, 1.807) is 26.4 Å². The van der Waals surface area contributed by atoms with Crippen LogP contribution in [0.2, 0.25) is 5.02 Å². The average Bonchev–Trinajstić information content (AvgIpc) is 3.48. The van der Waals surface area contributed by atoms with Gasteiger partial charge in [0, 0.05) is 31.3 Å². The molecule has 0 amide bonds. The van der Waals surface area contributed by atoms with Crippen molar-refractivity contribution in [1.29, 1.82) is 0 Å². The van der Waals surface area contributed by atoms with Crippen LogP contribution in [0.3, 0.4) is 0 Å². The quantitative estimate of drug-likeness (QED) is 0.374. The van der Waals surface area contributed by atoms with E-state index in [1.165, 1.54) is 11.1 Å². The molecule has 0 spiro atoms. The number of nitrogens with zero attached hydrogens (tertiary/aromatic N) is 1. The second-order valence-electron chi connectivity index (χ2n) is 9.33. The molecule has 1 aromatic heterocycles. The number of aryl methyl sites for hydroxylation is 1. The van der Waals surface area contributed by atoms with Crippen molar-refractivity contribution in [3.8, 4) is 11.5 Å². The van der Waals surface area contributed by atoms with Gasteiger partial charge in [0.1, 0.15) is 16.5 Å². The Morgan fingerprint density at radius 2 is 1.74 bits per heavy atom. The van der Waals surface area contributed by atoms with Crippen molar-refractivity contribution in [2.75, 3.05) is 14.2 Å². The summed E-state index contributed by atoms with van der Waals surface area (Å²) in [6.07, 6.45) is 6.61. The van der Waals surface area contributed by atoms with Gasteiger partial charge in [0.2, 0.25) is 0 Å². The van der Waals surface area contributed by atoms with Crippen LogP contribution in [-0.4, -0.2) is 35.0 Å². The number of carboxylic acid groups (broad SMARTS) is 1. The molecule has 7 heteroatoms. The smallest absolute Gasteiger partial charge is 0.303 e. The molecule has 0 bridgehead atoms. The summed E-state index contributed by atoms with van der Waals surface area (Å²) in [7, 11) is 3.09. The van der Waals surface area contributed by atoms with Crippen molar-refractivity contribution >= 4 is 17.6 Å². The zero-order valence-electron chi connectivity index (χ0n) is 20.1. The molecule has 35 heavy (non-hydrogen) atoms. The molecule has 0 fully saturated rings. The van der Waals surface area contributed by atoms with Crippen LogP contribution in [0.5, 0.6) is 11.5 Å². The highest BCUT2D eigenvalue weighted by atomic mass is 35.5. The van der Waals surface area contributed by atoms with E-state index >= 15 is 0 Å². The van der Waals surface area contributed by atoms with Gasteiger partial charge in [0.05, 0.1) is 20.3 Å². The number of fused-ring (bicyclic) bond motifs is 1. The van der Waals surface area contributed by atoms with Gasteiger partial charge in [-0.1, -0.05) is 35.9 Å². The molecule has 0 radical (unpaired) electrons. The van der Waals surface area contributed by atoms with Crippen LogP contribution in [0.25, 0.3) is 0 Å². The first-order valence-electron chi connectivity index (χ1n) is 11.9. The number of hydrogen-bond acceptors (Lipinski definition) is 4. The van der Waals surface area contributed by atoms with E-state index in [9.17, 15) is 9.90 Å². The Morgan fingerprint density at radius 1 is 1.11 bits per heavy atom. The SMILES string of the molecule is COc1cc([C@@H](O)[C@@H](CC2Cc3ccccc3C2)Cn2ccc(CCC(=O)O)c2)cc(OC)c1Cl. The maximum Gasteiger partial charge on any atom is 0.303 e. The Bertz CT molecular complexity index is 1120. The minimum atomic E-state index is -0.808. The summed E-state index contributed by atoms with van der Waals surface area (Å²) < 4.78 is 12.9. The fourth-order valence-electron chi connectivity index (χ4n) is 5.15. The molecule has 3 aromatic rings. The number of rotatable bonds is 11. The van der Waals surface area contributed by atoms with Crippen LogP contribution >= 0.6 is 11.6 Å². The van der Waals surface area contributed by atoms with Gasteiger partial charge in [0.25, 0.3) is 0 Å². The van der Waals surface area contributed by atoms with Crippen molar-refractivity contribution in [3.05, 3.63) is 82.1 Å². The molecule has 2 N–H and O–H groups in total. The van der Waals surface area contributed by atoms with Gasteiger partial charge in [0.15, 0.2) is 0 Å². The molecule has 1 heterocycles. The number of aliphatic hydroxyl groups excluding tert-OH is 1. The first kappa shape index (κ1) is 25.1. The van der Waals surface area contributed by atoms with Gasteiger partial charge >= 0.3 is 5.97 Å². The second kappa shape index (κ2) is 11.2. The summed E-state index contributed by atoms with van der Waals surface area (Å²) in [5.74, 6) is 0.473. The lowest BCUT2D eigenvalue weighted by Gasteiger charge is -2.27. The van der Waals surface area contributed by atoms with Crippen LogP contribution in [-0.2, 0) is 30.6 Å². The number of aliphatic hydroxyl groups is 1. The molecule has 2 atom stereocenters. The van der Waals surface area contributed by atoms with Crippen molar-refractivity contribution in [2.24, 2.45) is 11.8 Å². The van der Waals surface area contributed by atoms with Crippen LogP contribution < -0.4 is 9.47 Å². The van der Waals surface area contributed by atoms with Crippen molar-refractivity contribution in [1.82, 2.24) is 4.57 Å². The molecule has 1 aliphatic carbocycles. The molecular formula is C28H32ClNO5. The highest BCUT2D eigenvalue weighted by molar-refractivity contribution is 6.33. The molecule has 2 aromatic carbocycles.